The summed E-state index contributed by atoms with van der Waals surface area (Å²) in [5.41, 5.74) is 0.626. The first-order chi connectivity index (χ1) is 7.09. The van der Waals surface area contributed by atoms with E-state index in [1.807, 2.05) is 0 Å². The van der Waals surface area contributed by atoms with Gasteiger partial charge in [0.05, 0.1) is 0 Å². The van der Waals surface area contributed by atoms with Gasteiger partial charge in [0.15, 0.2) is 0 Å². The maximum absolute atomic E-state index is 8.36. The molecule has 1 saturated carbocycles. The minimum atomic E-state index is -0.250. The molecular weight excluding hydrogens is 197 g/mol. The molecule has 4 heteroatoms. The normalized spacial score (nSPS) is 24.4. The summed E-state index contributed by atoms with van der Waals surface area (Å²) >= 11 is 0. The first-order valence-corrected chi connectivity index (χ1v) is 5.76. The molecule has 0 bridgehead atoms. The van der Waals surface area contributed by atoms with Crippen molar-refractivity contribution in [3.05, 3.63) is 6.54 Å². The fourth-order valence-corrected chi connectivity index (χ4v) is 2.33. The van der Waals surface area contributed by atoms with Crippen LogP contribution in [0.1, 0.15) is 46.0 Å². The predicted octanol–water partition coefficient (Wildman–Crippen LogP) is -0.473. The predicted molar refractivity (Wildman–Crippen MR) is 60.4 cm³/mol. The van der Waals surface area contributed by atoms with Gasteiger partial charge in [0, 0.05) is 0 Å². The number of hydrogen-bond donors (Lipinski definition) is 1. The quantitative estimate of drug-likeness (QED) is 0.368. The number of rotatable bonds is 1. The van der Waals surface area contributed by atoms with E-state index in [-0.39, 0.29) is 25.3 Å². The molecule has 2 aliphatic rings. The molecular formula is C12H22LiNO2. The third-order valence-electron chi connectivity index (χ3n) is 3.53. The molecule has 88 valence electrons. The summed E-state index contributed by atoms with van der Waals surface area (Å²) in [5, 5.41) is 6.89. The minimum Gasteiger partial charge on any atom is -0.483 e. The summed E-state index contributed by atoms with van der Waals surface area (Å²) in [6, 6.07) is 0.895. The van der Waals surface area contributed by atoms with Gasteiger partial charge < -0.3 is 10.0 Å². The number of carbonyl (C=O) groups is 1. The van der Waals surface area contributed by atoms with Crippen LogP contribution in [-0.2, 0) is 4.79 Å². The maximum Gasteiger partial charge on any atom is 1.00 e. The second-order valence-corrected chi connectivity index (χ2v) is 5.21. The third-order valence-corrected chi connectivity index (χ3v) is 3.53. The molecule has 0 atom stereocenters. The Labute approximate surface area is 111 Å². The van der Waals surface area contributed by atoms with Crippen molar-refractivity contribution in [2.45, 2.75) is 52.0 Å². The van der Waals surface area contributed by atoms with E-state index < -0.39 is 0 Å². The molecule has 2 rings (SSSR count). The van der Waals surface area contributed by atoms with Crippen molar-refractivity contribution in [1.29, 1.82) is 0 Å². The zero-order valence-electron chi connectivity index (χ0n) is 10.8. The molecule has 0 aromatic carbocycles. The van der Waals surface area contributed by atoms with E-state index in [1.165, 1.54) is 38.6 Å². The Morgan fingerprint density at radius 1 is 1.38 bits per heavy atom. The Morgan fingerprint density at radius 2 is 1.81 bits per heavy atom. The molecule has 0 unspecified atom stereocenters. The number of hydrogen-bond acceptors (Lipinski definition) is 2. The summed E-state index contributed by atoms with van der Waals surface area (Å²) < 4.78 is 0. The van der Waals surface area contributed by atoms with E-state index in [2.05, 4.69) is 25.3 Å². The van der Waals surface area contributed by atoms with E-state index in [0.29, 0.717) is 5.41 Å². The van der Waals surface area contributed by atoms with Gasteiger partial charge in [-0.2, -0.15) is 6.42 Å². The minimum absolute atomic E-state index is 0. The Hall–Kier alpha value is 0.0274. The number of nitrogens with zero attached hydrogens (tertiary/aromatic N) is 1. The largest absolute Gasteiger partial charge is 1.00 e. The zero-order chi connectivity index (χ0) is 11.3. The number of carboxylic acid groups (broad SMARTS) is 1. The van der Waals surface area contributed by atoms with E-state index >= 15 is 0 Å². The summed E-state index contributed by atoms with van der Waals surface area (Å²) in [4.78, 5) is 10.9. The SMILES string of the molecule is CC1(C)CCC(N2[CH-]CC2)CC1.O=CO.[Li+]. The molecule has 0 amide bonds. The Bertz CT molecular complexity index is 195. The van der Waals surface area contributed by atoms with Crippen molar-refractivity contribution in [2.75, 3.05) is 6.54 Å². The van der Waals surface area contributed by atoms with Gasteiger partial charge in [-0.3, -0.25) is 11.3 Å². The summed E-state index contributed by atoms with van der Waals surface area (Å²) in [6.07, 6.45) is 7.00. The van der Waals surface area contributed by atoms with Crippen LogP contribution in [0, 0.1) is 12.0 Å². The van der Waals surface area contributed by atoms with Gasteiger partial charge in [0.1, 0.15) is 0 Å². The maximum atomic E-state index is 8.36. The van der Waals surface area contributed by atoms with Crippen LogP contribution >= 0.6 is 0 Å². The molecule has 1 saturated heterocycles. The molecule has 1 N–H and O–H groups in total. The van der Waals surface area contributed by atoms with Crippen molar-refractivity contribution in [3.63, 3.8) is 0 Å². The van der Waals surface area contributed by atoms with Crippen LogP contribution in [0.15, 0.2) is 0 Å². The van der Waals surface area contributed by atoms with Crippen molar-refractivity contribution in [2.24, 2.45) is 5.41 Å². The topological polar surface area (TPSA) is 40.5 Å². The number of likely N-dealkylation sites (tertiary alicyclic amines) is 1. The van der Waals surface area contributed by atoms with Crippen LogP contribution in [0.4, 0.5) is 0 Å². The second-order valence-electron chi connectivity index (χ2n) is 5.21. The third kappa shape index (κ3) is 4.91. The van der Waals surface area contributed by atoms with Crippen molar-refractivity contribution in [1.82, 2.24) is 4.90 Å². The molecule has 0 spiro atoms. The fraction of sp³-hybridized carbons (Fsp3) is 0.833. The monoisotopic (exact) mass is 219 g/mol. The van der Waals surface area contributed by atoms with E-state index in [1.54, 1.807) is 0 Å². The summed E-state index contributed by atoms with van der Waals surface area (Å²) in [6.45, 7) is 8.26. The Morgan fingerprint density at radius 3 is 2.12 bits per heavy atom. The second kappa shape index (κ2) is 7.37. The first-order valence-electron chi connectivity index (χ1n) is 5.76. The Balaban J connectivity index is 0.000000511. The van der Waals surface area contributed by atoms with Crippen molar-refractivity contribution < 1.29 is 28.8 Å². The summed E-state index contributed by atoms with van der Waals surface area (Å²) in [5.74, 6) is 0. The molecule has 1 aliphatic carbocycles. The van der Waals surface area contributed by atoms with Crippen LogP contribution in [0.3, 0.4) is 0 Å². The van der Waals surface area contributed by atoms with E-state index in [0.717, 1.165) is 6.04 Å². The van der Waals surface area contributed by atoms with Crippen molar-refractivity contribution >= 4 is 6.47 Å². The smallest absolute Gasteiger partial charge is 0.483 e. The molecule has 0 aromatic rings. The molecule has 3 nitrogen and oxygen atoms in total. The fourth-order valence-electron chi connectivity index (χ4n) is 2.33. The molecule has 1 heterocycles. The molecule has 2 fully saturated rings. The van der Waals surface area contributed by atoms with E-state index in [4.69, 9.17) is 9.90 Å². The van der Waals surface area contributed by atoms with Crippen molar-refractivity contribution in [3.8, 4) is 0 Å². The van der Waals surface area contributed by atoms with Gasteiger partial charge >= 0.3 is 18.9 Å². The first kappa shape index (κ1) is 16.0. The summed E-state index contributed by atoms with van der Waals surface area (Å²) in [7, 11) is 0. The van der Waals surface area contributed by atoms with Crippen LogP contribution < -0.4 is 18.9 Å². The van der Waals surface area contributed by atoms with Gasteiger partial charge in [-0.25, -0.2) is 0 Å². The Kier molecular flexibility index (Phi) is 7.38. The van der Waals surface area contributed by atoms with Gasteiger partial charge in [-0.15, -0.1) is 0 Å². The van der Waals surface area contributed by atoms with Gasteiger partial charge in [0.2, 0.25) is 0 Å². The van der Waals surface area contributed by atoms with Gasteiger partial charge in [-0.1, -0.05) is 20.4 Å². The molecule has 16 heavy (non-hydrogen) atoms. The standard InChI is InChI=1S/C11H20N.CH2O2.Li/c1-11(2)6-4-10(5-7-11)12-8-3-9-12;2-1-3;/h8,10H,3-7,9H2,1-2H3;1H,(H,2,3);/q-1;;+1. The van der Waals surface area contributed by atoms with Gasteiger partial charge in [0.25, 0.3) is 6.47 Å². The average molecular weight is 219 g/mol. The molecule has 0 aromatic heterocycles. The zero-order valence-corrected chi connectivity index (χ0v) is 10.8. The van der Waals surface area contributed by atoms with Crippen LogP contribution in [0.25, 0.3) is 0 Å². The van der Waals surface area contributed by atoms with Crippen LogP contribution in [-0.4, -0.2) is 29.1 Å². The van der Waals surface area contributed by atoms with E-state index in [9.17, 15) is 0 Å². The van der Waals surface area contributed by atoms with Crippen LogP contribution in [0.5, 0.6) is 0 Å². The molecule has 0 radical (unpaired) electrons. The van der Waals surface area contributed by atoms with Crippen LogP contribution in [0.2, 0.25) is 0 Å². The van der Waals surface area contributed by atoms with Gasteiger partial charge in [-0.05, 0) is 37.1 Å². The molecule has 1 aliphatic heterocycles. The average Bonchev–Trinajstić information content (AvgIpc) is 2.07.